The van der Waals surface area contributed by atoms with Crippen molar-refractivity contribution in [3.8, 4) is 0 Å². The van der Waals surface area contributed by atoms with Crippen LogP contribution in [0.25, 0.3) is 0 Å². The van der Waals surface area contributed by atoms with Crippen LogP contribution in [-0.4, -0.2) is 37.7 Å². The second-order valence-electron chi connectivity index (χ2n) is 4.45. The van der Waals surface area contributed by atoms with Crippen LogP contribution in [0.5, 0.6) is 0 Å². The maximum atomic E-state index is 11.3. The summed E-state index contributed by atoms with van der Waals surface area (Å²) >= 11 is 0. The Labute approximate surface area is 86.4 Å². The van der Waals surface area contributed by atoms with Gasteiger partial charge >= 0.3 is 0 Å². The molecule has 1 amide bonds. The molecule has 0 saturated heterocycles. The Balaban J connectivity index is 3.57. The van der Waals surface area contributed by atoms with Crippen LogP contribution in [0.4, 0.5) is 0 Å². The van der Waals surface area contributed by atoms with Gasteiger partial charge in [-0.3, -0.25) is 4.79 Å². The van der Waals surface area contributed by atoms with Gasteiger partial charge in [0.05, 0.1) is 12.6 Å². The number of amides is 1. The van der Waals surface area contributed by atoms with Gasteiger partial charge < -0.3 is 15.4 Å². The average Bonchev–Trinajstić information content (AvgIpc) is 2.09. The van der Waals surface area contributed by atoms with Crippen molar-refractivity contribution in [3.63, 3.8) is 0 Å². The second-order valence-corrected chi connectivity index (χ2v) is 4.45. The third-order valence-electron chi connectivity index (χ3n) is 1.77. The lowest BCUT2D eigenvalue weighted by molar-refractivity contribution is -0.121. The zero-order valence-electron chi connectivity index (χ0n) is 9.81. The molecule has 84 valence electrons. The van der Waals surface area contributed by atoms with E-state index < -0.39 is 0 Å². The second kappa shape index (κ2) is 5.98. The molecule has 0 spiro atoms. The SMILES string of the molecule is COC(C)CNC(=O)CNC(C)(C)C. The summed E-state index contributed by atoms with van der Waals surface area (Å²) in [6.45, 7) is 8.90. The molecule has 0 aliphatic heterocycles. The summed E-state index contributed by atoms with van der Waals surface area (Å²) < 4.78 is 5.01. The predicted octanol–water partition coefficient (Wildman–Crippen LogP) is 0.526. The largest absolute Gasteiger partial charge is 0.380 e. The van der Waals surface area contributed by atoms with Gasteiger partial charge in [-0.1, -0.05) is 0 Å². The minimum Gasteiger partial charge on any atom is -0.380 e. The molecule has 0 aromatic heterocycles. The van der Waals surface area contributed by atoms with Crippen molar-refractivity contribution >= 4 is 5.91 Å². The quantitative estimate of drug-likeness (QED) is 0.683. The molecule has 14 heavy (non-hydrogen) atoms. The minimum absolute atomic E-state index is 0.00354. The van der Waals surface area contributed by atoms with E-state index in [1.54, 1.807) is 7.11 Å². The Hall–Kier alpha value is -0.610. The first-order valence-electron chi connectivity index (χ1n) is 4.89. The van der Waals surface area contributed by atoms with E-state index in [0.717, 1.165) is 0 Å². The lowest BCUT2D eigenvalue weighted by atomic mass is 10.1. The number of carbonyl (C=O) groups excluding carboxylic acids is 1. The Morgan fingerprint density at radius 1 is 1.43 bits per heavy atom. The molecule has 0 aromatic rings. The molecule has 2 N–H and O–H groups in total. The molecule has 0 fully saturated rings. The van der Waals surface area contributed by atoms with Crippen LogP contribution in [0.1, 0.15) is 27.7 Å². The van der Waals surface area contributed by atoms with Gasteiger partial charge in [-0.05, 0) is 27.7 Å². The van der Waals surface area contributed by atoms with Crippen molar-refractivity contribution in [3.05, 3.63) is 0 Å². The molecule has 4 nitrogen and oxygen atoms in total. The summed E-state index contributed by atoms with van der Waals surface area (Å²) in [6, 6.07) is 0. The van der Waals surface area contributed by atoms with Gasteiger partial charge in [0.15, 0.2) is 0 Å². The number of nitrogens with one attached hydrogen (secondary N) is 2. The summed E-state index contributed by atoms with van der Waals surface area (Å²) in [5.74, 6) is 0.00354. The maximum absolute atomic E-state index is 11.3. The van der Waals surface area contributed by atoms with E-state index in [-0.39, 0.29) is 17.6 Å². The first kappa shape index (κ1) is 13.4. The highest BCUT2D eigenvalue weighted by atomic mass is 16.5. The van der Waals surface area contributed by atoms with Crippen molar-refractivity contribution in [1.82, 2.24) is 10.6 Å². The normalized spacial score (nSPS) is 13.8. The Morgan fingerprint density at radius 2 is 2.00 bits per heavy atom. The van der Waals surface area contributed by atoms with Crippen molar-refractivity contribution in [1.29, 1.82) is 0 Å². The predicted molar refractivity (Wildman–Crippen MR) is 57.2 cm³/mol. The van der Waals surface area contributed by atoms with Crippen LogP contribution < -0.4 is 10.6 Å². The van der Waals surface area contributed by atoms with Crippen LogP contribution in [0.15, 0.2) is 0 Å². The van der Waals surface area contributed by atoms with Gasteiger partial charge in [0.1, 0.15) is 0 Å². The van der Waals surface area contributed by atoms with Gasteiger partial charge in [-0.15, -0.1) is 0 Å². The van der Waals surface area contributed by atoms with Gasteiger partial charge in [-0.2, -0.15) is 0 Å². The molecule has 0 heterocycles. The van der Waals surface area contributed by atoms with Crippen molar-refractivity contribution < 1.29 is 9.53 Å². The summed E-state index contributed by atoms with van der Waals surface area (Å²) in [5, 5.41) is 5.89. The molecular weight excluding hydrogens is 180 g/mol. The van der Waals surface area contributed by atoms with Crippen molar-refractivity contribution in [2.45, 2.75) is 39.3 Å². The van der Waals surface area contributed by atoms with E-state index in [4.69, 9.17) is 4.74 Å². The van der Waals surface area contributed by atoms with E-state index >= 15 is 0 Å². The fraction of sp³-hybridized carbons (Fsp3) is 0.900. The Morgan fingerprint density at radius 3 is 2.43 bits per heavy atom. The van der Waals surface area contributed by atoms with Gasteiger partial charge in [0.2, 0.25) is 5.91 Å². The molecular formula is C10H22N2O2. The van der Waals surface area contributed by atoms with E-state index in [1.807, 2.05) is 27.7 Å². The first-order chi connectivity index (χ1) is 6.35. The minimum atomic E-state index is -0.0236. The zero-order valence-corrected chi connectivity index (χ0v) is 9.81. The highest BCUT2D eigenvalue weighted by molar-refractivity contribution is 5.78. The molecule has 4 heteroatoms. The van der Waals surface area contributed by atoms with E-state index in [0.29, 0.717) is 13.1 Å². The van der Waals surface area contributed by atoms with Crippen LogP contribution in [-0.2, 0) is 9.53 Å². The van der Waals surface area contributed by atoms with Crippen LogP contribution in [0.3, 0.4) is 0 Å². The molecule has 0 aromatic carbocycles. The Kier molecular flexibility index (Phi) is 5.72. The van der Waals surface area contributed by atoms with Crippen LogP contribution in [0.2, 0.25) is 0 Å². The number of hydrogen-bond donors (Lipinski definition) is 2. The van der Waals surface area contributed by atoms with E-state index in [1.165, 1.54) is 0 Å². The standard InChI is InChI=1S/C10H22N2O2/c1-8(14-5)6-11-9(13)7-12-10(2,3)4/h8,12H,6-7H2,1-5H3,(H,11,13). The number of hydrogen-bond acceptors (Lipinski definition) is 3. The monoisotopic (exact) mass is 202 g/mol. The van der Waals surface area contributed by atoms with Gasteiger partial charge in [0.25, 0.3) is 0 Å². The molecule has 1 unspecified atom stereocenters. The fourth-order valence-corrected chi connectivity index (χ4v) is 0.749. The summed E-state index contributed by atoms with van der Waals surface area (Å²) in [4.78, 5) is 11.3. The van der Waals surface area contributed by atoms with E-state index in [2.05, 4.69) is 10.6 Å². The van der Waals surface area contributed by atoms with Gasteiger partial charge in [-0.25, -0.2) is 0 Å². The Bertz CT molecular complexity index is 175. The third-order valence-corrected chi connectivity index (χ3v) is 1.77. The van der Waals surface area contributed by atoms with Crippen molar-refractivity contribution in [2.75, 3.05) is 20.2 Å². The number of ether oxygens (including phenoxy) is 1. The van der Waals surface area contributed by atoms with E-state index in [9.17, 15) is 4.79 Å². The first-order valence-corrected chi connectivity index (χ1v) is 4.89. The van der Waals surface area contributed by atoms with Crippen molar-refractivity contribution in [2.24, 2.45) is 0 Å². The highest BCUT2D eigenvalue weighted by Gasteiger charge is 2.11. The number of methoxy groups -OCH3 is 1. The fourth-order valence-electron chi connectivity index (χ4n) is 0.749. The average molecular weight is 202 g/mol. The summed E-state index contributed by atoms with van der Waals surface area (Å²) in [5.41, 5.74) is -0.0236. The van der Waals surface area contributed by atoms with Gasteiger partial charge in [0, 0.05) is 19.2 Å². The molecule has 0 aliphatic rings. The molecule has 0 saturated carbocycles. The third kappa shape index (κ3) is 8.01. The van der Waals surface area contributed by atoms with Crippen LogP contribution in [0, 0.1) is 0 Å². The number of carbonyl (C=O) groups is 1. The lowest BCUT2D eigenvalue weighted by Gasteiger charge is -2.20. The highest BCUT2D eigenvalue weighted by Crippen LogP contribution is 1.96. The maximum Gasteiger partial charge on any atom is 0.234 e. The molecule has 1 atom stereocenters. The number of rotatable bonds is 5. The topological polar surface area (TPSA) is 50.4 Å². The zero-order chi connectivity index (χ0) is 11.2. The molecule has 0 radical (unpaired) electrons. The smallest absolute Gasteiger partial charge is 0.234 e. The lowest BCUT2D eigenvalue weighted by Crippen LogP contribution is -2.44. The summed E-state index contributed by atoms with van der Waals surface area (Å²) in [7, 11) is 1.63. The molecule has 0 aliphatic carbocycles. The molecule has 0 rings (SSSR count). The summed E-state index contributed by atoms with van der Waals surface area (Å²) in [6.07, 6.45) is 0.0635. The molecule has 0 bridgehead atoms. The van der Waals surface area contributed by atoms with Crippen LogP contribution >= 0.6 is 0 Å².